The number of anilines is 1. The first kappa shape index (κ1) is 11.6. The van der Waals surface area contributed by atoms with Crippen molar-refractivity contribution in [3.63, 3.8) is 0 Å². The Balaban J connectivity index is 2.36. The van der Waals surface area contributed by atoms with Gasteiger partial charge in [0.05, 0.1) is 5.69 Å². The third-order valence-corrected chi connectivity index (χ3v) is 2.85. The molecule has 0 aliphatic heterocycles. The molecule has 0 aliphatic rings. The molecule has 0 aliphatic carbocycles. The molecule has 17 heavy (non-hydrogen) atoms. The lowest BCUT2D eigenvalue weighted by Crippen LogP contribution is -2.10. The van der Waals surface area contributed by atoms with Crippen LogP contribution in [0.2, 0.25) is 0 Å². The molecule has 2 aromatic heterocycles. The summed E-state index contributed by atoms with van der Waals surface area (Å²) in [6.07, 6.45) is 1.87. The third kappa shape index (κ3) is 2.44. The first-order valence-electron chi connectivity index (χ1n) is 5.66. The lowest BCUT2D eigenvalue weighted by molar-refractivity contribution is 1.07. The average Bonchev–Trinajstić information content (AvgIpc) is 2.33. The zero-order valence-corrected chi connectivity index (χ0v) is 10.7. The van der Waals surface area contributed by atoms with Crippen LogP contribution in [-0.4, -0.2) is 24.1 Å². The minimum Gasteiger partial charge on any atom is -0.363 e. The summed E-state index contributed by atoms with van der Waals surface area (Å²) >= 11 is 0. The van der Waals surface area contributed by atoms with Crippen LogP contribution in [0.1, 0.15) is 11.3 Å². The smallest absolute Gasteiger partial charge is 0.127 e. The fraction of sp³-hybridized carbons (Fsp3) is 0.286. The number of pyridine rings is 2. The lowest BCUT2D eigenvalue weighted by Gasteiger charge is -2.11. The van der Waals surface area contributed by atoms with Crippen molar-refractivity contribution in [1.82, 2.24) is 9.97 Å². The third-order valence-electron chi connectivity index (χ3n) is 2.85. The number of hydrogen-bond donors (Lipinski definition) is 0. The number of aryl methyl sites for hydroxylation is 2. The number of aromatic nitrogens is 2. The maximum atomic E-state index is 4.56. The van der Waals surface area contributed by atoms with E-state index in [0.717, 1.165) is 22.8 Å². The molecule has 2 aromatic rings. The van der Waals surface area contributed by atoms with Gasteiger partial charge >= 0.3 is 0 Å². The van der Waals surface area contributed by atoms with Crippen molar-refractivity contribution >= 4 is 5.82 Å². The molecule has 0 aromatic carbocycles. The Labute approximate surface area is 102 Å². The molecule has 0 spiro atoms. The van der Waals surface area contributed by atoms with Gasteiger partial charge in [-0.2, -0.15) is 0 Å². The standard InChI is InChI=1S/C14H17N3/c1-10-5-7-13(16-11(10)2)12-6-8-14(15-9-12)17(3)4/h5-9H,1-4H3. The molecule has 0 unspecified atom stereocenters. The first-order chi connectivity index (χ1) is 8.08. The van der Waals surface area contributed by atoms with Crippen LogP contribution in [0.3, 0.4) is 0 Å². The summed E-state index contributed by atoms with van der Waals surface area (Å²) in [6, 6.07) is 8.19. The summed E-state index contributed by atoms with van der Waals surface area (Å²) in [7, 11) is 3.96. The Morgan fingerprint density at radius 1 is 1.00 bits per heavy atom. The minimum absolute atomic E-state index is 0.956. The van der Waals surface area contributed by atoms with Gasteiger partial charge in [-0.05, 0) is 37.6 Å². The van der Waals surface area contributed by atoms with Crippen LogP contribution in [0.15, 0.2) is 30.5 Å². The average molecular weight is 227 g/mol. The number of rotatable bonds is 2. The van der Waals surface area contributed by atoms with Gasteiger partial charge in [0, 0.05) is 31.5 Å². The SMILES string of the molecule is Cc1ccc(-c2ccc(N(C)C)nc2)nc1C. The summed E-state index contributed by atoms with van der Waals surface area (Å²) in [4.78, 5) is 10.9. The molecule has 0 fully saturated rings. The highest BCUT2D eigenvalue weighted by atomic mass is 15.1. The highest BCUT2D eigenvalue weighted by Crippen LogP contribution is 2.19. The van der Waals surface area contributed by atoms with Crippen LogP contribution in [-0.2, 0) is 0 Å². The van der Waals surface area contributed by atoms with Crippen LogP contribution in [0.4, 0.5) is 5.82 Å². The van der Waals surface area contributed by atoms with Crippen LogP contribution in [0.5, 0.6) is 0 Å². The summed E-state index contributed by atoms with van der Waals surface area (Å²) < 4.78 is 0. The molecule has 88 valence electrons. The molecule has 0 amide bonds. The maximum absolute atomic E-state index is 4.56. The predicted octanol–water partition coefficient (Wildman–Crippen LogP) is 2.83. The fourth-order valence-electron chi connectivity index (χ4n) is 1.59. The van der Waals surface area contributed by atoms with Gasteiger partial charge in [0.15, 0.2) is 0 Å². The van der Waals surface area contributed by atoms with E-state index in [-0.39, 0.29) is 0 Å². The fourth-order valence-corrected chi connectivity index (χ4v) is 1.59. The summed E-state index contributed by atoms with van der Waals surface area (Å²) in [5, 5.41) is 0. The molecular weight excluding hydrogens is 210 g/mol. The largest absolute Gasteiger partial charge is 0.363 e. The van der Waals surface area contributed by atoms with Gasteiger partial charge in [-0.1, -0.05) is 6.07 Å². The molecule has 0 bridgehead atoms. The van der Waals surface area contributed by atoms with Gasteiger partial charge in [0.1, 0.15) is 5.82 Å². The van der Waals surface area contributed by atoms with Crippen molar-refractivity contribution in [2.45, 2.75) is 13.8 Å². The maximum Gasteiger partial charge on any atom is 0.127 e. The van der Waals surface area contributed by atoms with Crippen molar-refractivity contribution in [1.29, 1.82) is 0 Å². The van der Waals surface area contributed by atoms with Gasteiger partial charge in [-0.15, -0.1) is 0 Å². The quantitative estimate of drug-likeness (QED) is 0.790. The lowest BCUT2D eigenvalue weighted by atomic mass is 10.1. The molecule has 2 heterocycles. The Hall–Kier alpha value is -1.90. The van der Waals surface area contributed by atoms with Crippen LogP contribution < -0.4 is 4.90 Å². The van der Waals surface area contributed by atoms with E-state index >= 15 is 0 Å². The molecule has 0 N–H and O–H groups in total. The van der Waals surface area contributed by atoms with E-state index in [1.807, 2.05) is 44.2 Å². The van der Waals surface area contributed by atoms with E-state index in [2.05, 4.69) is 29.0 Å². The van der Waals surface area contributed by atoms with E-state index in [1.54, 1.807) is 0 Å². The van der Waals surface area contributed by atoms with Crippen molar-refractivity contribution in [2.24, 2.45) is 0 Å². The van der Waals surface area contributed by atoms with E-state index in [4.69, 9.17) is 0 Å². The molecule has 0 saturated heterocycles. The highest BCUT2D eigenvalue weighted by molar-refractivity contribution is 5.60. The van der Waals surface area contributed by atoms with Gasteiger partial charge in [-0.3, -0.25) is 4.98 Å². The normalized spacial score (nSPS) is 10.4. The highest BCUT2D eigenvalue weighted by Gasteiger charge is 2.03. The van der Waals surface area contributed by atoms with Crippen molar-refractivity contribution in [3.05, 3.63) is 41.7 Å². The molecule has 0 saturated carbocycles. The van der Waals surface area contributed by atoms with Crippen molar-refractivity contribution < 1.29 is 0 Å². The van der Waals surface area contributed by atoms with Crippen LogP contribution in [0.25, 0.3) is 11.3 Å². The Bertz CT molecular complexity index is 515. The van der Waals surface area contributed by atoms with Crippen molar-refractivity contribution in [3.8, 4) is 11.3 Å². The Kier molecular flexibility index (Phi) is 3.09. The monoisotopic (exact) mass is 227 g/mol. The van der Waals surface area contributed by atoms with E-state index in [9.17, 15) is 0 Å². The summed E-state index contributed by atoms with van der Waals surface area (Å²) in [6.45, 7) is 4.10. The van der Waals surface area contributed by atoms with E-state index in [0.29, 0.717) is 0 Å². The Morgan fingerprint density at radius 2 is 1.76 bits per heavy atom. The molecular formula is C14H17N3. The molecule has 3 heteroatoms. The van der Waals surface area contributed by atoms with Crippen molar-refractivity contribution in [2.75, 3.05) is 19.0 Å². The zero-order valence-electron chi connectivity index (χ0n) is 10.7. The van der Waals surface area contributed by atoms with Gasteiger partial charge < -0.3 is 4.90 Å². The molecule has 0 atom stereocenters. The second kappa shape index (κ2) is 4.53. The second-order valence-electron chi connectivity index (χ2n) is 4.40. The first-order valence-corrected chi connectivity index (χ1v) is 5.66. The van der Waals surface area contributed by atoms with E-state index in [1.165, 1.54) is 5.56 Å². The Morgan fingerprint density at radius 3 is 2.29 bits per heavy atom. The zero-order chi connectivity index (χ0) is 12.4. The number of hydrogen-bond acceptors (Lipinski definition) is 3. The second-order valence-corrected chi connectivity index (χ2v) is 4.40. The van der Waals surface area contributed by atoms with Crippen LogP contribution >= 0.6 is 0 Å². The van der Waals surface area contributed by atoms with Crippen LogP contribution in [0, 0.1) is 13.8 Å². The number of nitrogens with zero attached hydrogens (tertiary/aromatic N) is 3. The summed E-state index contributed by atoms with van der Waals surface area (Å²) in [5.74, 6) is 0.956. The minimum atomic E-state index is 0.956. The summed E-state index contributed by atoms with van der Waals surface area (Å²) in [5.41, 5.74) is 4.32. The van der Waals surface area contributed by atoms with Gasteiger partial charge in [-0.25, -0.2) is 4.98 Å². The molecule has 0 radical (unpaired) electrons. The predicted molar refractivity (Wildman–Crippen MR) is 71.3 cm³/mol. The molecule has 3 nitrogen and oxygen atoms in total. The molecule has 2 rings (SSSR count). The topological polar surface area (TPSA) is 29.0 Å². The van der Waals surface area contributed by atoms with Gasteiger partial charge in [0.2, 0.25) is 0 Å². The van der Waals surface area contributed by atoms with E-state index < -0.39 is 0 Å². The van der Waals surface area contributed by atoms with Gasteiger partial charge in [0.25, 0.3) is 0 Å².